The summed E-state index contributed by atoms with van der Waals surface area (Å²) in [6, 6.07) is 4.26. The Kier molecular flexibility index (Phi) is 4.75. The molecule has 0 unspecified atom stereocenters. The van der Waals surface area contributed by atoms with Crippen LogP contribution in [0.4, 0.5) is 0 Å². The van der Waals surface area contributed by atoms with E-state index in [4.69, 9.17) is 0 Å². The number of fused-ring (bicyclic) bond motifs is 2. The molecule has 4 heterocycles. The lowest BCUT2D eigenvalue weighted by Gasteiger charge is -2.07. The molecule has 0 saturated heterocycles. The van der Waals surface area contributed by atoms with E-state index in [1.165, 1.54) is 12.7 Å². The number of hydrogen-bond donors (Lipinski definition) is 2. The molecule has 0 saturated carbocycles. The molecule has 2 N–H and O–H groups in total. The Labute approximate surface area is 149 Å². The van der Waals surface area contributed by atoms with E-state index in [1.807, 2.05) is 61.4 Å². The van der Waals surface area contributed by atoms with Gasteiger partial charge >= 0.3 is 0 Å². The molecule has 0 aromatic carbocycles. The van der Waals surface area contributed by atoms with E-state index in [0.717, 1.165) is 11.0 Å². The first-order valence-electron chi connectivity index (χ1n) is 8.48. The molecule has 0 radical (unpaired) electrons. The molecule has 0 atom stereocenters. The van der Waals surface area contributed by atoms with E-state index in [-0.39, 0.29) is 23.2 Å². The average molecular weight is 354 g/mol. The van der Waals surface area contributed by atoms with Gasteiger partial charge in [0.2, 0.25) is 0 Å². The van der Waals surface area contributed by atoms with Crippen LogP contribution in [0.1, 0.15) is 39.8 Å². The van der Waals surface area contributed by atoms with Gasteiger partial charge in [0.25, 0.3) is 11.1 Å². The summed E-state index contributed by atoms with van der Waals surface area (Å²) >= 11 is 0. The van der Waals surface area contributed by atoms with E-state index in [9.17, 15) is 9.59 Å². The third kappa shape index (κ3) is 3.17. The highest BCUT2D eigenvalue weighted by Crippen LogP contribution is 2.14. The van der Waals surface area contributed by atoms with Gasteiger partial charge in [-0.25, -0.2) is 9.97 Å². The monoisotopic (exact) mass is 354 g/mol. The summed E-state index contributed by atoms with van der Waals surface area (Å²) < 4.78 is 3.84. The average Bonchev–Trinajstić information content (AvgIpc) is 3.21. The normalized spacial score (nSPS) is 11.3. The zero-order valence-electron chi connectivity index (χ0n) is 15.2. The fraction of sp³-hybridized carbons (Fsp3) is 0.333. The first kappa shape index (κ1) is 17.7. The Bertz CT molecular complexity index is 1050. The summed E-state index contributed by atoms with van der Waals surface area (Å²) in [5.41, 5.74) is 2.64. The minimum Gasteiger partial charge on any atom is -0.339 e. The molecule has 4 rings (SSSR count). The lowest BCUT2D eigenvalue weighted by Crippen LogP contribution is -2.12. The van der Waals surface area contributed by atoms with Crippen molar-refractivity contribution in [1.29, 1.82) is 0 Å². The summed E-state index contributed by atoms with van der Waals surface area (Å²) in [4.78, 5) is 36.2. The standard InChI is InChI=1S/2C9H11N3O/c2*1-6(2)12-4-3-7-8(12)9(13)11-5-10-7/h2*3-6H,1-2H3,(H,10,11,13). The maximum atomic E-state index is 11.4. The van der Waals surface area contributed by atoms with Crippen molar-refractivity contribution >= 4 is 22.1 Å². The maximum Gasteiger partial charge on any atom is 0.275 e. The van der Waals surface area contributed by atoms with E-state index >= 15 is 0 Å². The predicted octanol–water partition coefficient (Wildman–Crippen LogP) is 2.61. The van der Waals surface area contributed by atoms with Crippen molar-refractivity contribution in [3.8, 4) is 0 Å². The molecule has 0 bridgehead atoms. The molecule has 0 spiro atoms. The van der Waals surface area contributed by atoms with Gasteiger partial charge < -0.3 is 19.1 Å². The molecular weight excluding hydrogens is 332 g/mol. The van der Waals surface area contributed by atoms with Crippen LogP contribution >= 0.6 is 0 Å². The van der Waals surface area contributed by atoms with E-state index in [0.29, 0.717) is 11.0 Å². The first-order valence-corrected chi connectivity index (χ1v) is 8.48. The van der Waals surface area contributed by atoms with E-state index in [1.54, 1.807) is 0 Å². The molecule has 0 aliphatic carbocycles. The lowest BCUT2D eigenvalue weighted by atomic mass is 10.4. The molecule has 8 heteroatoms. The summed E-state index contributed by atoms with van der Waals surface area (Å²) in [6.45, 7) is 8.13. The highest BCUT2D eigenvalue weighted by molar-refractivity contribution is 5.74. The van der Waals surface area contributed by atoms with Gasteiger partial charge in [0, 0.05) is 24.5 Å². The highest BCUT2D eigenvalue weighted by atomic mass is 16.1. The molecule has 0 amide bonds. The number of rotatable bonds is 2. The number of hydrogen-bond acceptors (Lipinski definition) is 4. The summed E-state index contributed by atoms with van der Waals surface area (Å²) in [6.07, 6.45) is 6.62. The third-order valence-corrected chi connectivity index (χ3v) is 4.13. The van der Waals surface area contributed by atoms with Gasteiger partial charge in [-0.1, -0.05) is 0 Å². The summed E-state index contributed by atoms with van der Waals surface area (Å²) in [5.74, 6) is 0. The Balaban J connectivity index is 0.000000151. The van der Waals surface area contributed by atoms with Gasteiger partial charge in [0.15, 0.2) is 0 Å². The van der Waals surface area contributed by atoms with Crippen LogP contribution in [0.15, 0.2) is 46.8 Å². The Morgan fingerprint density at radius 2 is 1.15 bits per heavy atom. The largest absolute Gasteiger partial charge is 0.339 e. The smallest absolute Gasteiger partial charge is 0.275 e. The second-order valence-corrected chi connectivity index (χ2v) is 6.56. The zero-order chi connectivity index (χ0) is 18.8. The van der Waals surface area contributed by atoms with Crippen LogP contribution in [0.3, 0.4) is 0 Å². The topological polar surface area (TPSA) is 101 Å². The van der Waals surface area contributed by atoms with Gasteiger partial charge in [-0.2, -0.15) is 0 Å². The Hall–Kier alpha value is -3.16. The first-order chi connectivity index (χ1) is 12.4. The van der Waals surface area contributed by atoms with Crippen molar-refractivity contribution in [2.75, 3.05) is 0 Å². The van der Waals surface area contributed by atoms with Crippen molar-refractivity contribution < 1.29 is 0 Å². The molecule has 0 aliphatic heterocycles. The fourth-order valence-corrected chi connectivity index (χ4v) is 2.87. The summed E-state index contributed by atoms with van der Waals surface area (Å²) in [7, 11) is 0. The van der Waals surface area contributed by atoms with E-state index < -0.39 is 0 Å². The van der Waals surface area contributed by atoms with Crippen LogP contribution in [0, 0.1) is 0 Å². The van der Waals surface area contributed by atoms with Crippen molar-refractivity contribution in [3.63, 3.8) is 0 Å². The minimum atomic E-state index is -0.0799. The molecule has 4 aromatic rings. The molecule has 0 fully saturated rings. The number of nitrogens with one attached hydrogen (secondary N) is 2. The van der Waals surface area contributed by atoms with Crippen molar-refractivity contribution in [2.24, 2.45) is 0 Å². The van der Waals surface area contributed by atoms with Gasteiger partial charge in [0.1, 0.15) is 11.0 Å². The van der Waals surface area contributed by atoms with Crippen molar-refractivity contribution in [2.45, 2.75) is 39.8 Å². The number of aromatic nitrogens is 6. The molecular formula is C18H22N6O2. The fourth-order valence-electron chi connectivity index (χ4n) is 2.87. The van der Waals surface area contributed by atoms with Crippen LogP contribution < -0.4 is 11.1 Å². The SMILES string of the molecule is CC(C)n1ccc2nc[nH]c(=O)c21.CC(C)n1ccc2nc[nH]c(=O)c21. The quantitative estimate of drug-likeness (QED) is 0.578. The van der Waals surface area contributed by atoms with Crippen molar-refractivity contribution in [3.05, 3.63) is 57.9 Å². The maximum absolute atomic E-state index is 11.4. The van der Waals surface area contributed by atoms with Crippen molar-refractivity contribution in [1.82, 2.24) is 29.1 Å². The number of H-pyrrole nitrogens is 2. The van der Waals surface area contributed by atoms with Gasteiger partial charge in [0.05, 0.1) is 23.7 Å². The number of nitrogens with zero attached hydrogens (tertiary/aromatic N) is 4. The van der Waals surface area contributed by atoms with Crippen LogP contribution in [0.25, 0.3) is 22.1 Å². The molecule has 136 valence electrons. The molecule has 0 aliphatic rings. The van der Waals surface area contributed by atoms with Crippen LogP contribution in [0.2, 0.25) is 0 Å². The molecule has 26 heavy (non-hydrogen) atoms. The lowest BCUT2D eigenvalue weighted by molar-refractivity contribution is 0.620. The van der Waals surface area contributed by atoms with Crippen LogP contribution in [-0.4, -0.2) is 29.1 Å². The Morgan fingerprint density at radius 1 is 0.769 bits per heavy atom. The van der Waals surface area contributed by atoms with Gasteiger partial charge in [-0.15, -0.1) is 0 Å². The highest BCUT2D eigenvalue weighted by Gasteiger charge is 2.08. The summed E-state index contributed by atoms with van der Waals surface area (Å²) in [5, 5.41) is 0. The Morgan fingerprint density at radius 3 is 1.50 bits per heavy atom. The zero-order valence-corrected chi connectivity index (χ0v) is 15.2. The van der Waals surface area contributed by atoms with Crippen LogP contribution in [-0.2, 0) is 0 Å². The second-order valence-electron chi connectivity index (χ2n) is 6.56. The van der Waals surface area contributed by atoms with Crippen LogP contribution in [0.5, 0.6) is 0 Å². The second kappa shape index (κ2) is 6.99. The van der Waals surface area contributed by atoms with Gasteiger partial charge in [-0.05, 0) is 39.8 Å². The van der Waals surface area contributed by atoms with Gasteiger partial charge in [-0.3, -0.25) is 9.59 Å². The molecule has 8 nitrogen and oxygen atoms in total. The van der Waals surface area contributed by atoms with E-state index in [2.05, 4.69) is 19.9 Å². The predicted molar refractivity (Wildman–Crippen MR) is 101 cm³/mol. The molecule has 4 aromatic heterocycles. The minimum absolute atomic E-state index is 0.0799. The third-order valence-electron chi connectivity index (χ3n) is 4.13. The number of aromatic amines is 2.